The van der Waals surface area contributed by atoms with Gasteiger partial charge in [-0.05, 0) is 34.3 Å². The van der Waals surface area contributed by atoms with Gasteiger partial charge in [-0.2, -0.15) is 5.10 Å². The zero-order valence-electron chi connectivity index (χ0n) is 10.6. The molecule has 3 nitrogen and oxygen atoms in total. The maximum atomic E-state index is 4.74. The van der Waals surface area contributed by atoms with Gasteiger partial charge in [-0.25, -0.2) is 4.68 Å². The van der Waals surface area contributed by atoms with Crippen LogP contribution in [0.15, 0.2) is 28.7 Å². The third-order valence-corrected chi connectivity index (χ3v) is 4.15. The molecule has 2 heterocycles. The van der Waals surface area contributed by atoms with Gasteiger partial charge in [0.15, 0.2) is 0 Å². The summed E-state index contributed by atoms with van der Waals surface area (Å²) in [7, 11) is 0. The molecule has 4 heteroatoms. The van der Waals surface area contributed by atoms with Crippen molar-refractivity contribution in [2.45, 2.75) is 20.4 Å². The minimum Gasteiger partial charge on any atom is -0.369 e. The van der Waals surface area contributed by atoms with Crippen LogP contribution in [0.25, 0.3) is 11.3 Å². The summed E-state index contributed by atoms with van der Waals surface area (Å²) in [6.07, 6.45) is 0. The van der Waals surface area contributed by atoms with Gasteiger partial charge >= 0.3 is 0 Å². The highest BCUT2D eigenvalue weighted by Gasteiger charge is 2.22. The lowest BCUT2D eigenvalue weighted by molar-refractivity contribution is 0.445. The Morgan fingerprint density at radius 3 is 2.94 bits per heavy atom. The number of rotatable bonds is 1. The van der Waals surface area contributed by atoms with Gasteiger partial charge in [0.1, 0.15) is 11.5 Å². The summed E-state index contributed by atoms with van der Waals surface area (Å²) < 4.78 is 3.14. The first kappa shape index (κ1) is 11.8. The molecule has 1 unspecified atom stereocenters. The van der Waals surface area contributed by atoms with Gasteiger partial charge < -0.3 is 5.32 Å². The smallest absolute Gasteiger partial charge is 0.139 e. The van der Waals surface area contributed by atoms with Gasteiger partial charge in [-0.15, -0.1) is 0 Å². The zero-order valence-corrected chi connectivity index (χ0v) is 12.2. The van der Waals surface area contributed by atoms with E-state index in [1.807, 2.05) is 0 Å². The molecule has 18 heavy (non-hydrogen) atoms. The van der Waals surface area contributed by atoms with E-state index in [1.54, 1.807) is 0 Å². The largest absolute Gasteiger partial charge is 0.369 e. The Hall–Kier alpha value is -1.29. The molecule has 0 spiro atoms. The van der Waals surface area contributed by atoms with Crippen molar-refractivity contribution in [2.24, 2.45) is 5.92 Å². The summed E-state index contributed by atoms with van der Waals surface area (Å²) in [6.45, 7) is 6.35. The van der Waals surface area contributed by atoms with E-state index in [0.717, 1.165) is 29.1 Å². The fourth-order valence-electron chi connectivity index (χ4n) is 2.38. The quantitative estimate of drug-likeness (QED) is 0.871. The molecule has 1 atom stereocenters. The first-order chi connectivity index (χ1) is 8.66. The second-order valence-corrected chi connectivity index (χ2v) is 5.79. The average Bonchev–Trinajstić information content (AvgIpc) is 2.67. The van der Waals surface area contributed by atoms with Crippen LogP contribution in [0.4, 0.5) is 5.82 Å². The van der Waals surface area contributed by atoms with Crippen molar-refractivity contribution in [1.29, 1.82) is 0 Å². The predicted molar refractivity (Wildman–Crippen MR) is 77.8 cm³/mol. The summed E-state index contributed by atoms with van der Waals surface area (Å²) in [5, 5.41) is 8.18. The SMILES string of the molecule is Cc1ccccc1-c1nn2c(c1Br)NCC(C)C2. The van der Waals surface area contributed by atoms with Gasteiger partial charge in [0.25, 0.3) is 0 Å². The van der Waals surface area contributed by atoms with Gasteiger partial charge in [0.2, 0.25) is 0 Å². The lowest BCUT2D eigenvalue weighted by Gasteiger charge is -2.21. The number of aromatic nitrogens is 2. The minimum absolute atomic E-state index is 0.619. The maximum absolute atomic E-state index is 4.74. The van der Waals surface area contributed by atoms with Gasteiger partial charge in [-0.1, -0.05) is 31.2 Å². The van der Waals surface area contributed by atoms with E-state index in [2.05, 4.69) is 64.0 Å². The number of nitrogens with zero attached hydrogens (tertiary/aromatic N) is 2. The van der Waals surface area contributed by atoms with Crippen LogP contribution in [0.5, 0.6) is 0 Å². The molecular formula is C14H16BrN3. The molecule has 3 rings (SSSR count). The van der Waals surface area contributed by atoms with E-state index in [4.69, 9.17) is 5.10 Å². The molecule has 0 bridgehead atoms. The molecule has 1 aliphatic rings. The highest BCUT2D eigenvalue weighted by atomic mass is 79.9. The summed E-state index contributed by atoms with van der Waals surface area (Å²) >= 11 is 3.68. The first-order valence-electron chi connectivity index (χ1n) is 6.23. The van der Waals surface area contributed by atoms with Crippen LogP contribution >= 0.6 is 15.9 Å². The van der Waals surface area contributed by atoms with Gasteiger partial charge in [0.05, 0.1) is 4.47 Å². The van der Waals surface area contributed by atoms with Crippen LogP contribution < -0.4 is 5.32 Å². The molecule has 1 aromatic carbocycles. The number of anilines is 1. The molecule has 0 saturated heterocycles. The molecule has 0 saturated carbocycles. The molecule has 0 radical (unpaired) electrons. The molecule has 0 fully saturated rings. The minimum atomic E-state index is 0.619. The van der Waals surface area contributed by atoms with Crippen molar-refractivity contribution in [1.82, 2.24) is 9.78 Å². The Bertz CT molecular complexity index is 589. The Morgan fingerprint density at radius 1 is 1.39 bits per heavy atom. The second kappa shape index (κ2) is 4.43. The molecule has 2 aromatic rings. The van der Waals surface area contributed by atoms with Crippen LogP contribution in [0, 0.1) is 12.8 Å². The highest BCUT2D eigenvalue weighted by Crippen LogP contribution is 2.36. The Labute approximate surface area is 115 Å². The molecule has 1 aliphatic heterocycles. The number of hydrogen-bond acceptors (Lipinski definition) is 2. The molecule has 1 aromatic heterocycles. The highest BCUT2D eigenvalue weighted by molar-refractivity contribution is 9.10. The van der Waals surface area contributed by atoms with Crippen LogP contribution in [-0.2, 0) is 6.54 Å². The number of halogens is 1. The fourth-order valence-corrected chi connectivity index (χ4v) is 3.02. The Morgan fingerprint density at radius 2 is 2.17 bits per heavy atom. The van der Waals surface area contributed by atoms with E-state index in [9.17, 15) is 0 Å². The van der Waals surface area contributed by atoms with E-state index >= 15 is 0 Å². The number of benzene rings is 1. The van der Waals surface area contributed by atoms with Crippen LogP contribution in [0.3, 0.4) is 0 Å². The summed E-state index contributed by atoms with van der Waals surface area (Å²) in [4.78, 5) is 0. The number of nitrogens with one attached hydrogen (secondary N) is 1. The normalized spacial score (nSPS) is 18.3. The van der Waals surface area contributed by atoms with E-state index < -0.39 is 0 Å². The van der Waals surface area contributed by atoms with E-state index in [-0.39, 0.29) is 0 Å². The van der Waals surface area contributed by atoms with Crippen LogP contribution in [0.1, 0.15) is 12.5 Å². The van der Waals surface area contributed by atoms with Crippen LogP contribution in [0.2, 0.25) is 0 Å². The van der Waals surface area contributed by atoms with Gasteiger partial charge in [0, 0.05) is 18.7 Å². The molecule has 1 N–H and O–H groups in total. The number of aryl methyl sites for hydroxylation is 1. The van der Waals surface area contributed by atoms with Crippen molar-refractivity contribution in [3.63, 3.8) is 0 Å². The van der Waals surface area contributed by atoms with Crippen molar-refractivity contribution < 1.29 is 0 Å². The molecular weight excluding hydrogens is 290 g/mol. The summed E-state index contributed by atoms with van der Waals surface area (Å²) in [5.41, 5.74) is 3.48. The van der Waals surface area contributed by atoms with Crippen molar-refractivity contribution in [2.75, 3.05) is 11.9 Å². The second-order valence-electron chi connectivity index (χ2n) is 4.99. The summed E-state index contributed by atoms with van der Waals surface area (Å²) in [5.74, 6) is 1.72. The first-order valence-corrected chi connectivity index (χ1v) is 7.02. The van der Waals surface area contributed by atoms with Crippen molar-refractivity contribution in [3.05, 3.63) is 34.3 Å². The van der Waals surface area contributed by atoms with Crippen molar-refractivity contribution >= 4 is 21.7 Å². The average molecular weight is 306 g/mol. The number of hydrogen-bond donors (Lipinski definition) is 1. The predicted octanol–water partition coefficient (Wildman–Crippen LogP) is 3.68. The zero-order chi connectivity index (χ0) is 12.7. The van der Waals surface area contributed by atoms with E-state index in [0.29, 0.717) is 5.92 Å². The molecule has 0 aliphatic carbocycles. The summed E-state index contributed by atoms with van der Waals surface area (Å²) in [6, 6.07) is 8.36. The Balaban J connectivity index is 2.12. The third kappa shape index (κ3) is 1.85. The third-order valence-electron chi connectivity index (χ3n) is 3.40. The van der Waals surface area contributed by atoms with E-state index in [1.165, 1.54) is 11.1 Å². The lowest BCUT2D eigenvalue weighted by atomic mass is 10.1. The number of fused-ring (bicyclic) bond motifs is 1. The molecule has 94 valence electrons. The van der Waals surface area contributed by atoms with Crippen molar-refractivity contribution in [3.8, 4) is 11.3 Å². The van der Waals surface area contributed by atoms with Crippen LogP contribution in [-0.4, -0.2) is 16.3 Å². The Kier molecular flexibility index (Phi) is 2.90. The standard InChI is InChI=1S/C14H16BrN3/c1-9-7-16-14-12(15)13(17-18(14)8-9)11-6-4-3-5-10(11)2/h3-6,9,16H,7-8H2,1-2H3. The monoisotopic (exact) mass is 305 g/mol. The van der Waals surface area contributed by atoms with Gasteiger partial charge in [-0.3, -0.25) is 0 Å². The topological polar surface area (TPSA) is 29.9 Å². The lowest BCUT2D eigenvalue weighted by Crippen LogP contribution is -2.25. The molecule has 0 amide bonds. The fraction of sp³-hybridized carbons (Fsp3) is 0.357. The maximum Gasteiger partial charge on any atom is 0.139 e.